The van der Waals surface area contributed by atoms with E-state index in [2.05, 4.69) is 10.5 Å². The Bertz CT molecular complexity index is 703. The van der Waals surface area contributed by atoms with Gasteiger partial charge in [-0.05, 0) is 31.7 Å². The molecule has 0 bridgehead atoms. The van der Waals surface area contributed by atoms with Gasteiger partial charge in [-0.25, -0.2) is 0 Å². The Morgan fingerprint density at radius 2 is 2.30 bits per heavy atom. The first kappa shape index (κ1) is 16.8. The second kappa shape index (κ2) is 7.63. The summed E-state index contributed by atoms with van der Waals surface area (Å²) in [5.41, 5.74) is 0. The van der Waals surface area contributed by atoms with Gasteiger partial charge < -0.3 is 19.8 Å². The standard InChI is InChI=1S/C14H15N3O5S/c1-9-7-11(16-22-9)15-14(19)10(2)21-13(18)8-23-12-5-3-4-6-17(12)20/h3-7,10H,8H2,1-2H3,(H,15,16,19). The van der Waals surface area contributed by atoms with Gasteiger partial charge in [-0.3, -0.25) is 9.59 Å². The summed E-state index contributed by atoms with van der Waals surface area (Å²) >= 11 is 1.03. The van der Waals surface area contributed by atoms with Crippen LogP contribution in [0.4, 0.5) is 5.82 Å². The van der Waals surface area contributed by atoms with E-state index in [9.17, 15) is 14.8 Å². The number of aryl methyl sites for hydroxylation is 1. The van der Waals surface area contributed by atoms with Gasteiger partial charge in [0.2, 0.25) is 0 Å². The molecule has 1 atom stereocenters. The molecule has 8 nitrogen and oxygen atoms in total. The lowest BCUT2D eigenvalue weighted by molar-refractivity contribution is -0.645. The number of esters is 1. The molecule has 122 valence electrons. The summed E-state index contributed by atoms with van der Waals surface area (Å²) < 4.78 is 10.5. The summed E-state index contributed by atoms with van der Waals surface area (Å²) in [7, 11) is 0. The second-order valence-corrected chi connectivity index (χ2v) is 5.59. The monoisotopic (exact) mass is 337 g/mol. The first-order valence-electron chi connectivity index (χ1n) is 6.70. The molecule has 1 N–H and O–H groups in total. The van der Waals surface area contributed by atoms with E-state index >= 15 is 0 Å². The van der Waals surface area contributed by atoms with E-state index in [0.717, 1.165) is 11.8 Å². The molecule has 0 saturated heterocycles. The number of hydrogen-bond acceptors (Lipinski definition) is 7. The Kier molecular flexibility index (Phi) is 5.58. The van der Waals surface area contributed by atoms with Crippen LogP contribution in [-0.4, -0.2) is 28.9 Å². The second-order valence-electron chi connectivity index (χ2n) is 4.60. The topological polar surface area (TPSA) is 108 Å². The minimum atomic E-state index is -0.991. The Balaban J connectivity index is 1.80. The van der Waals surface area contributed by atoms with Gasteiger partial charge in [-0.15, -0.1) is 0 Å². The van der Waals surface area contributed by atoms with Crippen molar-refractivity contribution in [2.45, 2.75) is 25.0 Å². The van der Waals surface area contributed by atoms with E-state index in [0.29, 0.717) is 15.5 Å². The van der Waals surface area contributed by atoms with Crippen LogP contribution in [0.5, 0.6) is 0 Å². The predicted molar refractivity (Wildman–Crippen MR) is 81.5 cm³/mol. The number of ether oxygens (including phenoxy) is 1. The molecule has 0 aromatic carbocycles. The number of aromatic nitrogens is 2. The number of pyridine rings is 1. The molecule has 0 saturated carbocycles. The van der Waals surface area contributed by atoms with Gasteiger partial charge in [-0.2, -0.15) is 4.73 Å². The van der Waals surface area contributed by atoms with Crippen LogP contribution < -0.4 is 10.0 Å². The molecule has 0 aliphatic rings. The number of anilines is 1. The molecule has 9 heteroatoms. The Morgan fingerprint density at radius 1 is 1.52 bits per heavy atom. The van der Waals surface area contributed by atoms with E-state index < -0.39 is 18.0 Å². The third-order valence-electron chi connectivity index (χ3n) is 2.68. The quantitative estimate of drug-likeness (QED) is 0.366. The van der Waals surface area contributed by atoms with Crippen molar-refractivity contribution in [3.8, 4) is 0 Å². The number of nitrogens with one attached hydrogen (secondary N) is 1. The number of rotatable bonds is 6. The van der Waals surface area contributed by atoms with Gasteiger partial charge >= 0.3 is 5.97 Å². The Morgan fingerprint density at radius 3 is 2.96 bits per heavy atom. The largest absolute Gasteiger partial charge is 0.618 e. The van der Waals surface area contributed by atoms with Crippen LogP contribution >= 0.6 is 11.8 Å². The number of carbonyl (C=O) groups excluding carboxylic acids is 2. The summed E-state index contributed by atoms with van der Waals surface area (Å²) in [5, 5.41) is 17.9. The van der Waals surface area contributed by atoms with E-state index in [1.807, 2.05) is 0 Å². The minimum absolute atomic E-state index is 0.0764. The molecule has 2 heterocycles. The number of thioether (sulfide) groups is 1. The van der Waals surface area contributed by atoms with Crippen LogP contribution in [-0.2, 0) is 14.3 Å². The highest BCUT2D eigenvalue weighted by molar-refractivity contribution is 7.99. The van der Waals surface area contributed by atoms with Gasteiger partial charge in [0.1, 0.15) is 11.5 Å². The van der Waals surface area contributed by atoms with Crippen LogP contribution in [0.2, 0.25) is 0 Å². The van der Waals surface area contributed by atoms with Crippen molar-refractivity contribution >= 4 is 29.5 Å². The van der Waals surface area contributed by atoms with Crippen molar-refractivity contribution < 1.29 is 23.6 Å². The lowest BCUT2D eigenvalue weighted by Gasteiger charge is -2.11. The zero-order chi connectivity index (χ0) is 16.8. The van der Waals surface area contributed by atoms with Crippen molar-refractivity contribution in [1.29, 1.82) is 0 Å². The van der Waals surface area contributed by atoms with Gasteiger partial charge in [-0.1, -0.05) is 5.16 Å². The number of nitrogens with zero attached hydrogens (tertiary/aromatic N) is 2. The number of amides is 1. The molecule has 23 heavy (non-hydrogen) atoms. The summed E-state index contributed by atoms with van der Waals surface area (Å²) in [5.74, 6) is -0.392. The summed E-state index contributed by atoms with van der Waals surface area (Å²) in [6, 6.07) is 6.42. The van der Waals surface area contributed by atoms with Crippen molar-refractivity contribution in [2.75, 3.05) is 11.1 Å². The summed E-state index contributed by atoms with van der Waals surface area (Å²) in [6.45, 7) is 3.14. The summed E-state index contributed by atoms with van der Waals surface area (Å²) in [4.78, 5) is 23.6. The molecule has 0 fully saturated rings. The maximum Gasteiger partial charge on any atom is 0.317 e. The van der Waals surface area contributed by atoms with Crippen molar-refractivity contribution in [3.05, 3.63) is 41.4 Å². The van der Waals surface area contributed by atoms with Crippen molar-refractivity contribution in [3.63, 3.8) is 0 Å². The van der Waals surface area contributed by atoms with E-state index in [-0.39, 0.29) is 11.6 Å². The van der Waals surface area contributed by atoms with Crippen molar-refractivity contribution in [2.24, 2.45) is 0 Å². The fourth-order valence-corrected chi connectivity index (χ4v) is 2.29. The Hall–Kier alpha value is -2.55. The molecule has 2 aromatic rings. The predicted octanol–water partition coefficient (Wildman–Crippen LogP) is 1.28. The van der Waals surface area contributed by atoms with Crippen molar-refractivity contribution in [1.82, 2.24) is 5.16 Å². The molecule has 1 unspecified atom stereocenters. The molecule has 0 spiro atoms. The first-order valence-corrected chi connectivity index (χ1v) is 7.69. The molecule has 0 aliphatic heterocycles. The highest BCUT2D eigenvalue weighted by Crippen LogP contribution is 2.13. The van der Waals surface area contributed by atoms with Crippen LogP contribution in [0.25, 0.3) is 0 Å². The fourth-order valence-electron chi connectivity index (χ4n) is 1.60. The van der Waals surface area contributed by atoms with Gasteiger partial charge in [0.15, 0.2) is 18.1 Å². The molecular weight excluding hydrogens is 322 g/mol. The molecule has 0 aliphatic carbocycles. The number of hydrogen-bond donors (Lipinski definition) is 1. The minimum Gasteiger partial charge on any atom is -0.618 e. The fraction of sp³-hybridized carbons (Fsp3) is 0.286. The van der Waals surface area contributed by atoms with Gasteiger partial charge in [0.05, 0.1) is 0 Å². The third kappa shape index (κ3) is 4.99. The molecular formula is C14H15N3O5S. The third-order valence-corrected chi connectivity index (χ3v) is 3.68. The highest BCUT2D eigenvalue weighted by Gasteiger charge is 2.20. The lowest BCUT2D eigenvalue weighted by atomic mass is 10.3. The Labute approximate surface area is 136 Å². The van der Waals surface area contributed by atoms with Crippen LogP contribution in [0.15, 0.2) is 40.0 Å². The van der Waals surface area contributed by atoms with Crippen LogP contribution in [0.1, 0.15) is 12.7 Å². The smallest absolute Gasteiger partial charge is 0.317 e. The lowest BCUT2D eigenvalue weighted by Crippen LogP contribution is -2.31. The summed E-state index contributed by atoms with van der Waals surface area (Å²) in [6.07, 6.45) is 0.346. The molecule has 2 aromatic heterocycles. The van der Waals surface area contributed by atoms with E-state index in [4.69, 9.17) is 9.26 Å². The van der Waals surface area contributed by atoms with E-state index in [1.165, 1.54) is 13.1 Å². The molecule has 1 amide bonds. The highest BCUT2D eigenvalue weighted by atomic mass is 32.2. The van der Waals surface area contributed by atoms with E-state index in [1.54, 1.807) is 31.2 Å². The molecule has 0 radical (unpaired) electrons. The van der Waals surface area contributed by atoms with Gasteiger partial charge in [0.25, 0.3) is 10.9 Å². The maximum absolute atomic E-state index is 11.9. The number of carbonyl (C=O) groups is 2. The first-order chi connectivity index (χ1) is 11.0. The average Bonchev–Trinajstić information content (AvgIpc) is 2.91. The maximum atomic E-state index is 11.9. The molecule has 2 rings (SSSR count). The zero-order valence-electron chi connectivity index (χ0n) is 12.5. The SMILES string of the molecule is Cc1cc(NC(=O)C(C)OC(=O)CSc2cccc[n+]2[O-])no1. The van der Waals surface area contributed by atoms with Gasteiger partial charge in [0, 0.05) is 18.2 Å². The van der Waals surface area contributed by atoms with Crippen LogP contribution in [0, 0.1) is 12.1 Å². The average molecular weight is 337 g/mol. The normalized spacial score (nSPS) is 11.7. The zero-order valence-corrected chi connectivity index (χ0v) is 13.3. The van der Waals surface area contributed by atoms with Crippen LogP contribution in [0.3, 0.4) is 0 Å².